The molecule has 1 unspecified atom stereocenters. The van der Waals surface area contributed by atoms with Gasteiger partial charge in [-0.3, -0.25) is 9.69 Å². The van der Waals surface area contributed by atoms with E-state index in [1.165, 1.54) is 18.4 Å². The first-order valence-electron chi connectivity index (χ1n) is 12.1. The Morgan fingerprint density at radius 1 is 1.18 bits per heavy atom. The van der Waals surface area contributed by atoms with Crippen molar-refractivity contribution in [2.45, 2.75) is 78.4 Å². The Morgan fingerprint density at radius 3 is 2.61 bits per heavy atom. The van der Waals surface area contributed by atoms with Crippen LogP contribution in [0.15, 0.2) is 23.0 Å². The largest absolute Gasteiger partial charge is 0.396 e. The molecule has 8 heteroatoms. The van der Waals surface area contributed by atoms with Gasteiger partial charge in [-0.25, -0.2) is 4.68 Å². The van der Waals surface area contributed by atoms with Crippen molar-refractivity contribution < 1.29 is 5.11 Å². The van der Waals surface area contributed by atoms with Gasteiger partial charge in [-0.1, -0.05) is 26.7 Å². The second-order valence-corrected chi connectivity index (χ2v) is 9.80. The summed E-state index contributed by atoms with van der Waals surface area (Å²) < 4.78 is 2.01. The van der Waals surface area contributed by atoms with E-state index in [4.69, 9.17) is 0 Å². The Balaban J connectivity index is 1.71. The molecule has 1 aromatic carbocycles. The summed E-state index contributed by atoms with van der Waals surface area (Å²) in [6.07, 6.45) is 5.23. The Morgan fingerprint density at radius 2 is 1.91 bits per heavy atom. The van der Waals surface area contributed by atoms with Gasteiger partial charge < -0.3 is 10.1 Å². The summed E-state index contributed by atoms with van der Waals surface area (Å²) >= 11 is 0. The van der Waals surface area contributed by atoms with Crippen molar-refractivity contribution in [1.82, 2.24) is 30.1 Å². The van der Waals surface area contributed by atoms with Crippen LogP contribution in [0, 0.1) is 19.8 Å². The average Bonchev–Trinajstić information content (AvgIpc) is 3.45. The summed E-state index contributed by atoms with van der Waals surface area (Å²) in [7, 11) is 0. The SMILES string of the molecule is Cc1cc2cc(CN(CCCO)C(c3nnnn3C3CCCC3)C(C)C)c(=O)[nH]c2cc1C. The average molecular weight is 453 g/mol. The minimum atomic E-state index is -0.0716. The van der Waals surface area contributed by atoms with Crippen LogP contribution in [0.25, 0.3) is 10.9 Å². The number of aryl methyl sites for hydroxylation is 2. The van der Waals surface area contributed by atoms with Crippen LogP contribution in [0.1, 0.15) is 80.6 Å². The molecular weight excluding hydrogens is 416 g/mol. The zero-order valence-corrected chi connectivity index (χ0v) is 20.2. The second-order valence-electron chi connectivity index (χ2n) is 9.80. The first-order valence-corrected chi connectivity index (χ1v) is 12.1. The van der Waals surface area contributed by atoms with E-state index in [0.717, 1.165) is 35.1 Å². The van der Waals surface area contributed by atoms with Gasteiger partial charge in [0.25, 0.3) is 5.56 Å². The summed E-state index contributed by atoms with van der Waals surface area (Å²) in [6, 6.07) is 6.45. The molecule has 3 aromatic rings. The first-order chi connectivity index (χ1) is 15.9. The molecular formula is C25H36N6O2. The highest BCUT2D eigenvalue weighted by Crippen LogP contribution is 2.34. The van der Waals surface area contributed by atoms with Crippen molar-refractivity contribution in [3.8, 4) is 0 Å². The smallest absolute Gasteiger partial charge is 0.252 e. The summed E-state index contributed by atoms with van der Waals surface area (Å²) in [5, 5.41) is 23.5. The Hall–Kier alpha value is -2.58. The molecule has 0 aliphatic heterocycles. The van der Waals surface area contributed by atoms with E-state index < -0.39 is 0 Å². The minimum absolute atomic E-state index is 0.0537. The van der Waals surface area contributed by atoms with Gasteiger partial charge in [0.05, 0.1) is 12.1 Å². The van der Waals surface area contributed by atoms with Gasteiger partial charge in [-0.05, 0) is 84.2 Å². The van der Waals surface area contributed by atoms with Crippen molar-refractivity contribution in [3.63, 3.8) is 0 Å². The van der Waals surface area contributed by atoms with Crippen LogP contribution >= 0.6 is 0 Å². The number of benzene rings is 1. The molecule has 1 saturated carbocycles. The minimum Gasteiger partial charge on any atom is -0.396 e. The summed E-state index contributed by atoms with van der Waals surface area (Å²) in [5.74, 6) is 1.10. The summed E-state index contributed by atoms with van der Waals surface area (Å²) in [6.45, 7) is 9.70. The van der Waals surface area contributed by atoms with Crippen LogP contribution in [0.4, 0.5) is 0 Å². The van der Waals surface area contributed by atoms with Crippen LogP contribution in [0.5, 0.6) is 0 Å². The number of pyridine rings is 1. The first kappa shape index (κ1) is 23.6. The topological polar surface area (TPSA) is 99.9 Å². The molecule has 0 radical (unpaired) electrons. The fraction of sp³-hybridized carbons (Fsp3) is 0.600. The van der Waals surface area contributed by atoms with Crippen molar-refractivity contribution in [1.29, 1.82) is 0 Å². The summed E-state index contributed by atoms with van der Waals surface area (Å²) in [5.41, 5.74) is 3.87. The van der Waals surface area contributed by atoms with Gasteiger partial charge in [0, 0.05) is 30.8 Å². The van der Waals surface area contributed by atoms with Crippen LogP contribution in [-0.4, -0.2) is 48.3 Å². The van der Waals surface area contributed by atoms with Crippen molar-refractivity contribution in [2.24, 2.45) is 5.92 Å². The number of nitrogens with zero attached hydrogens (tertiary/aromatic N) is 5. The van der Waals surface area contributed by atoms with Crippen LogP contribution < -0.4 is 5.56 Å². The van der Waals surface area contributed by atoms with Gasteiger partial charge in [-0.15, -0.1) is 5.10 Å². The number of tetrazole rings is 1. The normalized spacial score (nSPS) is 15.8. The number of hydrogen-bond donors (Lipinski definition) is 2. The van der Waals surface area contributed by atoms with Gasteiger partial charge in [-0.2, -0.15) is 0 Å². The van der Waals surface area contributed by atoms with Crippen LogP contribution in [-0.2, 0) is 6.54 Å². The number of aliphatic hydroxyl groups is 1. The lowest BCUT2D eigenvalue weighted by Crippen LogP contribution is -2.37. The molecule has 4 rings (SSSR count). The molecule has 0 amide bonds. The molecule has 178 valence electrons. The highest BCUT2D eigenvalue weighted by molar-refractivity contribution is 5.80. The van der Waals surface area contributed by atoms with E-state index in [-0.39, 0.29) is 24.1 Å². The zero-order valence-electron chi connectivity index (χ0n) is 20.2. The monoisotopic (exact) mass is 452 g/mol. The molecule has 1 atom stereocenters. The molecule has 8 nitrogen and oxygen atoms in total. The van der Waals surface area contributed by atoms with Crippen molar-refractivity contribution in [3.05, 3.63) is 51.1 Å². The molecule has 2 heterocycles. The maximum absolute atomic E-state index is 13.0. The third kappa shape index (κ3) is 5.01. The fourth-order valence-electron chi connectivity index (χ4n) is 5.14. The Bertz CT molecular complexity index is 1150. The third-order valence-corrected chi connectivity index (χ3v) is 6.99. The molecule has 1 fully saturated rings. The van der Waals surface area contributed by atoms with Crippen LogP contribution in [0.3, 0.4) is 0 Å². The molecule has 1 aliphatic rings. The second kappa shape index (κ2) is 10.1. The lowest BCUT2D eigenvalue weighted by Gasteiger charge is -2.34. The molecule has 0 saturated heterocycles. The number of aromatic amines is 1. The number of fused-ring (bicyclic) bond motifs is 1. The van der Waals surface area contributed by atoms with Crippen molar-refractivity contribution in [2.75, 3.05) is 13.2 Å². The maximum Gasteiger partial charge on any atom is 0.252 e. The van der Waals surface area contributed by atoms with Gasteiger partial charge in [0.2, 0.25) is 0 Å². The van der Waals surface area contributed by atoms with Gasteiger partial charge >= 0.3 is 0 Å². The quantitative estimate of drug-likeness (QED) is 0.512. The number of aliphatic hydroxyl groups excluding tert-OH is 1. The number of rotatable bonds is 9. The molecule has 0 spiro atoms. The predicted octanol–water partition coefficient (Wildman–Crippen LogP) is 3.83. The molecule has 1 aliphatic carbocycles. The van der Waals surface area contributed by atoms with E-state index in [9.17, 15) is 9.90 Å². The molecule has 33 heavy (non-hydrogen) atoms. The number of H-pyrrole nitrogens is 1. The maximum atomic E-state index is 13.0. The highest BCUT2D eigenvalue weighted by Gasteiger charge is 2.32. The number of hydrogen-bond acceptors (Lipinski definition) is 6. The highest BCUT2D eigenvalue weighted by atomic mass is 16.3. The fourth-order valence-corrected chi connectivity index (χ4v) is 5.14. The van der Waals surface area contributed by atoms with E-state index in [2.05, 4.69) is 59.2 Å². The lowest BCUT2D eigenvalue weighted by molar-refractivity contribution is 0.120. The van der Waals surface area contributed by atoms with Crippen molar-refractivity contribution >= 4 is 10.9 Å². The van der Waals surface area contributed by atoms with E-state index in [1.807, 2.05) is 16.8 Å². The zero-order chi connectivity index (χ0) is 23.5. The van der Waals surface area contributed by atoms with Crippen LogP contribution in [0.2, 0.25) is 0 Å². The van der Waals surface area contributed by atoms with E-state index in [1.54, 1.807) is 0 Å². The Labute approximate surface area is 195 Å². The lowest BCUT2D eigenvalue weighted by atomic mass is 9.99. The number of nitrogens with one attached hydrogen (secondary N) is 1. The predicted molar refractivity (Wildman–Crippen MR) is 129 cm³/mol. The van der Waals surface area contributed by atoms with E-state index >= 15 is 0 Å². The number of aromatic nitrogens is 5. The van der Waals surface area contributed by atoms with Gasteiger partial charge in [0.15, 0.2) is 5.82 Å². The molecule has 2 aromatic heterocycles. The molecule has 2 N–H and O–H groups in total. The standard InChI is InChI=1S/C25H36N6O2/c1-16(2)23(24-27-28-29-31(24)21-8-5-6-9-21)30(10-7-11-32)15-20-14-19-12-17(3)18(4)13-22(19)26-25(20)33/h12-14,16,21,23,32H,5-11,15H2,1-4H3,(H,26,33). The van der Waals surface area contributed by atoms with Gasteiger partial charge in [0.1, 0.15) is 0 Å². The summed E-state index contributed by atoms with van der Waals surface area (Å²) in [4.78, 5) is 18.3. The molecule has 0 bridgehead atoms. The Kier molecular flexibility index (Phi) is 7.24. The third-order valence-electron chi connectivity index (χ3n) is 6.99. The van der Waals surface area contributed by atoms with E-state index in [0.29, 0.717) is 31.1 Å².